The maximum Gasteiger partial charge on any atom is 0.267 e. The summed E-state index contributed by atoms with van der Waals surface area (Å²) < 4.78 is 25.0. The van der Waals surface area contributed by atoms with E-state index < -0.39 is 11.7 Å². The molecule has 0 aliphatic rings. The van der Waals surface area contributed by atoms with Gasteiger partial charge >= 0.3 is 0 Å². The van der Waals surface area contributed by atoms with Gasteiger partial charge in [0.15, 0.2) is 11.5 Å². The van der Waals surface area contributed by atoms with Gasteiger partial charge in [0.2, 0.25) is 0 Å². The standard InChI is InChI=1S/C27H25ClFN5O4/c1-37-24-14-23-20(27(32-16-31-23)33-19-7-8-22(29)21(28)12-19)13-25(24)38-11-10-30-15-18-4-2-17(3-5-18)6-9-26(35)34-36/h2-9,12-14,16,30,36H,10-11,15H2,1H3,(H,34,35)(H,31,32,33). The van der Waals surface area contributed by atoms with Gasteiger partial charge in [-0.25, -0.2) is 19.8 Å². The third-order valence-electron chi connectivity index (χ3n) is 5.49. The van der Waals surface area contributed by atoms with E-state index in [1.165, 1.54) is 24.5 Å². The first-order valence-electron chi connectivity index (χ1n) is 11.6. The maximum absolute atomic E-state index is 13.5. The lowest BCUT2D eigenvalue weighted by atomic mass is 10.1. The predicted octanol–water partition coefficient (Wildman–Crippen LogP) is 4.86. The van der Waals surface area contributed by atoms with Crippen molar-refractivity contribution in [1.82, 2.24) is 20.8 Å². The Bertz CT molecular complexity index is 1450. The molecule has 1 amide bonds. The van der Waals surface area contributed by atoms with E-state index in [0.717, 1.165) is 11.1 Å². The van der Waals surface area contributed by atoms with E-state index in [0.29, 0.717) is 53.6 Å². The molecule has 196 valence electrons. The molecule has 0 atom stereocenters. The van der Waals surface area contributed by atoms with Gasteiger partial charge in [0, 0.05) is 36.3 Å². The quantitative estimate of drug-likeness (QED) is 0.0927. The number of benzene rings is 3. The van der Waals surface area contributed by atoms with Gasteiger partial charge in [0.1, 0.15) is 24.6 Å². The zero-order valence-corrected chi connectivity index (χ0v) is 21.1. The fourth-order valence-corrected chi connectivity index (χ4v) is 3.75. The van der Waals surface area contributed by atoms with Crippen LogP contribution in [0.1, 0.15) is 11.1 Å². The lowest BCUT2D eigenvalue weighted by Gasteiger charge is -2.14. The molecule has 0 fully saturated rings. The number of hydrogen-bond acceptors (Lipinski definition) is 8. The van der Waals surface area contributed by atoms with Crippen LogP contribution in [0.4, 0.5) is 15.9 Å². The van der Waals surface area contributed by atoms with Crippen LogP contribution >= 0.6 is 11.6 Å². The number of halogens is 2. The number of anilines is 2. The third kappa shape index (κ3) is 6.94. The number of amides is 1. The highest BCUT2D eigenvalue weighted by Crippen LogP contribution is 2.35. The zero-order chi connectivity index (χ0) is 26.9. The molecule has 0 saturated carbocycles. The minimum Gasteiger partial charge on any atom is -0.493 e. The summed E-state index contributed by atoms with van der Waals surface area (Å²) in [6.07, 6.45) is 4.28. The van der Waals surface area contributed by atoms with Crippen molar-refractivity contribution in [2.24, 2.45) is 0 Å². The summed E-state index contributed by atoms with van der Waals surface area (Å²) in [5.41, 5.74) is 4.68. The molecule has 0 aliphatic heterocycles. The van der Waals surface area contributed by atoms with E-state index in [-0.39, 0.29) is 5.02 Å². The van der Waals surface area contributed by atoms with E-state index in [2.05, 4.69) is 20.6 Å². The molecule has 11 heteroatoms. The van der Waals surface area contributed by atoms with Crippen LogP contribution < -0.4 is 25.6 Å². The number of methoxy groups -OCH3 is 1. The van der Waals surface area contributed by atoms with Crippen molar-refractivity contribution in [3.8, 4) is 11.5 Å². The Morgan fingerprint density at radius 1 is 1.11 bits per heavy atom. The molecule has 9 nitrogen and oxygen atoms in total. The van der Waals surface area contributed by atoms with Crippen LogP contribution in [0, 0.1) is 5.82 Å². The first-order valence-corrected chi connectivity index (χ1v) is 11.9. The normalized spacial score (nSPS) is 11.1. The SMILES string of the molecule is COc1cc2ncnc(Nc3ccc(F)c(Cl)c3)c2cc1OCCNCc1ccc(C=CC(=O)NO)cc1. The fraction of sp³-hybridized carbons (Fsp3) is 0.148. The monoisotopic (exact) mass is 537 g/mol. The van der Waals surface area contributed by atoms with Crippen LogP contribution in [0.25, 0.3) is 17.0 Å². The molecule has 1 aromatic heterocycles. The van der Waals surface area contributed by atoms with Crippen molar-refractivity contribution in [3.05, 3.63) is 89.0 Å². The van der Waals surface area contributed by atoms with E-state index in [4.69, 9.17) is 26.3 Å². The highest BCUT2D eigenvalue weighted by molar-refractivity contribution is 6.31. The number of nitrogens with zero attached hydrogens (tertiary/aromatic N) is 2. The number of nitrogens with one attached hydrogen (secondary N) is 3. The Labute approximate surface area is 223 Å². The van der Waals surface area contributed by atoms with E-state index in [9.17, 15) is 9.18 Å². The lowest BCUT2D eigenvalue weighted by Crippen LogP contribution is -2.20. The minimum absolute atomic E-state index is 0.00595. The number of hydrogen-bond donors (Lipinski definition) is 4. The summed E-state index contributed by atoms with van der Waals surface area (Å²) >= 11 is 5.91. The summed E-state index contributed by atoms with van der Waals surface area (Å²) in [7, 11) is 1.56. The van der Waals surface area contributed by atoms with Crippen LogP contribution in [0.3, 0.4) is 0 Å². The molecule has 0 saturated heterocycles. The molecule has 3 aromatic carbocycles. The van der Waals surface area contributed by atoms with Crippen molar-refractivity contribution in [2.45, 2.75) is 6.54 Å². The van der Waals surface area contributed by atoms with Crippen LogP contribution in [-0.2, 0) is 11.3 Å². The van der Waals surface area contributed by atoms with Gasteiger partial charge in [-0.3, -0.25) is 10.0 Å². The number of aromatic nitrogens is 2. The van der Waals surface area contributed by atoms with Crippen LogP contribution in [0.2, 0.25) is 5.02 Å². The number of rotatable bonds is 11. The van der Waals surface area contributed by atoms with Crippen molar-refractivity contribution in [2.75, 3.05) is 25.6 Å². The Kier molecular flexibility index (Phi) is 9.04. The summed E-state index contributed by atoms with van der Waals surface area (Å²) in [5.74, 6) is 0.484. The lowest BCUT2D eigenvalue weighted by molar-refractivity contribution is -0.124. The Morgan fingerprint density at radius 2 is 1.92 bits per heavy atom. The van der Waals surface area contributed by atoms with Crippen LogP contribution in [0.15, 0.2) is 67.0 Å². The van der Waals surface area contributed by atoms with Crippen molar-refractivity contribution in [1.29, 1.82) is 0 Å². The second-order valence-corrected chi connectivity index (χ2v) is 8.48. The van der Waals surface area contributed by atoms with E-state index in [1.54, 1.807) is 36.9 Å². The first kappa shape index (κ1) is 26.8. The summed E-state index contributed by atoms with van der Waals surface area (Å²) in [6.45, 7) is 1.58. The number of hydroxylamine groups is 1. The second-order valence-electron chi connectivity index (χ2n) is 8.07. The largest absolute Gasteiger partial charge is 0.493 e. The number of ether oxygens (including phenoxy) is 2. The highest BCUT2D eigenvalue weighted by Gasteiger charge is 2.12. The number of carbonyl (C=O) groups excluding carboxylic acids is 1. The van der Waals surface area contributed by atoms with Gasteiger partial charge in [0.25, 0.3) is 5.91 Å². The van der Waals surface area contributed by atoms with Gasteiger partial charge in [-0.05, 0) is 41.5 Å². The molecule has 4 rings (SSSR count). The Balaban J connectivity index is 1.37. The maximum atomic E-state index is 13.5. The molecule has 0 radical (unpaired) electrons. The molecular weight excluding hydrogens is 513 g/mol. The molecule has 0 spiro atoms. The molecule has 0 aliphatic carbocycles. The van der Waals surface area contributed by atoms with Crippen molar-refractivity contribution < 1.29 is 23.9 Å². The number of fused-ring (bicyclic) bond motifs is 1. The highest BCUT2D eigenvalue weighted by atomic mass is 35.5. The molecule has 4 N–H and O–H groups in total. The molecule has 0 unspecified atom stereocenters. The average Bonchev–Trinajstić information content (AvgIpc) is 2.94. The average molecular weight is 538 g/mol. The fourth-order valence-electron chi connectivity index (χ4n) is 3.57. The first-order chi connectivity index (χ1) is 18.5. The Morgan fingerprint density at radius 3 is 2.66 bits per heavy atom. The Hall–Kier alpha value is -4.25. The van der Waals surface area contributed by atoms with Crippen molar-refractivity contribution >= 4 is 46.0 Å². The van der Waals surface area contributed by atoms with Gasteiger partial charge < -0.3 is 20.1 Å². The van der Waals surface area contributed by atoms with Gasteiger partial charge in [-0.1, -0.05) is 35.9 Å². The third-order valence-corrected chi connectivity index (χ3v) is 5.78. The predicted molar refractivity (Wildman–Crippen MR) is 143 cm³/mol. The second kappa shape index (κ2) is 12.8. The van der Waals surface area contributed by atoms with E-state index in [1.807, 2.05) is 24.3 Å². The molecule has 4 aromatic rings. The van der Waals surface area contributed by atoms with Crippen molar-refractivity contribution in [3.63, 3.8) is 0 Å². The van der Waals surface area contributed by atoms with Gasteiger partial charge in [-0.2, -0.15) is 0 Å². The number of carbonyl (C=O) groups is 1. The minimum atomic E-state index is -0.586. The van der Waals surface area contributed by atoms with E-state index >= 15 is 0 Å². The summed E-state index contributed by atoms with van der Waals surface area (Å²) in [6, 6.07) is 15.5. The van der Waals surface area contributed by atoms with Crippen LogP contribution in [-0.4, -0.2) is 41.3 Å². The van der Waals surface area contributed by atoms with Gasteiger partial charge in [0.05, 0.1) is 17.6 Å². The molecule has 1 heterocycles. The zero-order valence-electron chi connectivity index (χ0n) is 20.4. The summed E-state index contributed by atoms with van der Waals surface area (Å²) in [5, 5.41) is 15.7. The van der Waals surface area contributed by atoms with Crippen LogP contribution in [0.5, 0.6) is 11.5 Å². The molecule has 0 bridgehead atoms. The smallest absolute Gasteiger partial charge is 0.267 e. The molecular formula is C27H25ClFN5O4. The topological polar surface area (TPSA) is 118 Å². The van der Waals surface area contributed by atoms with Gasteiger partial charge in [-0.15, -0.1) is 0 Å². The summed E-state index contributed by atoms with van der Waals surface area (Å²) in [4.78, 5) is 19.7. The molecule has 38 heavy (non-hydrogen) atoms.